The fourth-order valence-corrected chi connectivity index (χ4v) is 4.91. The largest absolute Gasteiger partial charge is 0.354 e. The summed E-state index contributed by atoms with van der Waals surface area (Å²) in [6.45, 7) is 0.720. The van der Waals surface area contributed by atoms with Crippen molar-refractivity contribution >= 4 is 28.7 Å². The molecule has 0 bridgehead atoms. The molecule has 2 atom stereocenters. The molecule has 0 radical (unpaired) electrons. The first-order valence-electron chi connectivity index (χ1n) is 9.19. The van der Waals surface area contributed by atoms with Crippen LogP contribution >= 0.6 is 11.8 Å². The minimum Gasteiger partial charge on any atom is -0.354 e. The molecule has 3 heterocycles. The van der Waals surface area contributed by atoms with E-state index in [2.05, 4.69) is 39.6 Å². The lowest BCUT2D eigenvalue weighted by Crippen LogP contribution is -2.42. The number of thioether (sulfide) groups is 1. The van der Waals surface area contributed by atoms with Crippen LogP contribution in [0.25, 0.3) is 11.0 Å². The molecule has 2 unspecified atom stereocenters. The lowest BCUT2D eigenvalue weighted by Gasteiger charge is -2.35. The number of pyridine rings is 1. The zero-order valence-electron chi connectivity index (χ0n) is 15.0. The molecular weight excluding hydrogens is 368 g/mol. The van der Waals surface area contributed by atoms with Gasteiger partial charge in [-0.05, 0) is 29.8 Å². The van der Waals surface area contributed by atoms with E-state index < -0.39 is 0 Å². The second kappa shape index (κ2) is 7.13. The monoisotopic (exact) mass is 386 g/mol. The second-order valence-electron chi connectivity index (χ2n) is 6.69. The first-order valence-corrected chi connectivity index (χ1v) is 10.1. The van der Waals surface area contributed by atoms with Crippen molar-refractivity contribution in [3.05, 3.63) is 94.9 Å². The van der Waals surface area contributed by atoms with Gasteiger partial charge in [0.2, 0.25) is 5.95 Å². The van der Waals surface area contributed by atoms with Crippen LogP contribution in [0.5, 0.6) is 0 Å². The molecule has 0 saturated heterocycles. The second-order valence-corrected chi connectivity index (χ2v) is 8.00. The van der Waals surface area contributed by atoms with E-state index in [0.29, 0.717) is 17.0 Å². The van der Waals surface area contributed by atoms with Crippen molar-refractivity contribution < 1.29 is 0 Å². The first kappa shape index (κ1) is 17.0. The van der Waals surface area contributed by atoms with E-state index in [4.69, 9.17) is 0 Å². The van der Waals surface area contributed by atoms with Crippen molar-refractivity contribution in [3.8, 4) is 0 Å². The SMILES string of the molecule is O=c1c2ncccc2nc2n1C(c1ccccc1)C(Sc1ccccc1)CN2. The van der Waals surface area contributed by atoms with Crippen molar-refractivity contribution in [1.82, 2.24) is 14.5 Å². The molecule has 0 fully saturated rings. The third kappa shape index (κ3) is 2.96. The van der Waals surface area contributed by atoms with E-state index in [1.165, 1.54) is 4.90 Å². The fraction of sp³-hybridized carbons (Fsp3) is 0.136. The quantitative estimate of drug-likeness (QED) is 0.577. The molecule has 0 saturated carbocycles. The Morgan fingerprint density at radius 2 is 1.71 bits per heavy atom. The molecule has 138 valence electrons. The Hall–Kier alpha value is -3.12. The van der Waals surface area contributed by atoms with Crippen LogP contribution in [-0.2, 0) is 0 Å². The van der Waals surface area contributed by atoms with Crippen molar-refractivity contribution in [3.63, 3.8) is 0 Å². The molecule has 1 aliphatic heterocycles. The molecule has 2 aromatic carbocycles. The molecule has 2 aromatic heterocycles. The molecule has 5 nitrogen and oxygen atoms in total. The maximum absolute atomic E-state index is 13.4. The number of nitrogens with zero attached hydrogens (tertiary/aromatic N) is 3. The summed E-state index contributed by atoms with van der Waals surface area (Å²) in [6.07, 6.45) is 1.64. The van der Waals surface area contributed by atoms with Crippen LogP contribution in [0.2, 0.25) is 0 Å². The number of hydrogen-bond donors (Lipinski definition) is 1. The summed E-state index contributed by atoms with van der Waals surface area (Å²) in [7, 11) is 0. The molecule has 6 heteroatoms. The standard InChI is InChI=1S/C22H18N4OS/c27-21-19-17(12-7-13-23-19)25-22-24-14-18(28-16-10-5-2-6-11-16)20(26(21)22)15-8-3-1-4-9-15/h1-13,18,20H,14H2,(H,24,25). The maximum Gasteiger partial charge on any atom is 0.282 e. The van der Waals surface area contributed by atoms with Crippen molar-refractivity contribution in [2.24, 2.45) is 0 Å². The Bertz CT molecular complexity index is 1180. The van der Waals surface area contributed by atoms with E-state index in [1.54, 1.807) is 28.6 Å². The van der Waals surface area contributed by atoms with E-state index in [0.717, 1.165) is 12.1 Å². The zero-order valence-corrected chi connectivity index (χ0v) is 15.8. The van der Waals surface area contributed by atoms with Gasteiger partial charge in [0.05, 0.1) is 16.8 Å². The lowest BCUT2D eigenvalue weighted by atomic mass is 10.0. The van der Waals surface area contributed by atoms with Gasteiger partial charge in [-0.3, -0.25) is 9.36 Å². The summed E-state index contributed by atoms with van der Waals surface area (Å²) in [6, 6.07) is 24.0. The number of fused-ring (bicyclic) bond motifs is 2. The fourth-order valence-electron chi connectivity index (χ4n) is 3.68. The molecule has 4 aromatic rings. The Kier molecular flexibility index (Phi) is 4.33. The highest BCUT2D eigenvalue weighted by molar-refractivity contribution is 8.00. The Morgan fingerprint density at radius 3 is 2.50 bits per heavy atom. The minimum absolute atomic E-state index is 0.111. The van der Waals surface area contributed by atoms with E-state index in [1.807, 2.05) is 42.5 Å². The summed E-state index contributed by atoms with van der Waals surface area (Å²) in [5.74, 6) is 0.601. The number of rotatable bonds is 3. The smallest absolute Gasteiger partial charge is 0.282 e. The third-order valence-electron chi connectivity index (χ3n) is 4.93. The first-order chi connectivity index (χ1) is 13.8. The highest BCUT2D eigenvalue weighted by Crippen LogP contribution is 2.38. The average molecular weight is 386 g/mol. The summed E-state index contributed by atoms with van der Waals surface area (Å²) < 4.78 is 1.77. The topological polar surface area (TPSA) is 59.8 Å². The van der Waals surface area contributed by atoms with Gasteiger partial charge in [0, 0.05) is 17.6 Å². The van der Waals surface area contributed by atoms with Gasteiger partial charge in [0.1, 0.15) is 0 Å². The van der Waals surface area contributed by atoms with Crippen molar-refractivity contribution in [2.75, 3.05) is 11.9 Å². The van der Waals surface area contributed by atoms with Crippen molar-refractivity contribution in [1.29, 1.82) is 0 Å². The van der Waals surface area contributed by atoms with Gasteiger partial charge >= 0.3 is 0 Å². The lowest BCUT2D eigenvalue weighted by molar-refractivity contribution is 0.522. The van der Waals surface area contributed by atoms with E-state index in [-0.39, 0.29) is 16.9 Å². The molecule has 1 aliphatic rings. The molecule has 0 aliphatic carbocycles. The van der Waals surface area contributed by atoms with Crippen LogP contribution in [-0.4, -0.2) is 26.3 Å². The summed E-state index contributed by atoms with van der Waals surface area (Å²) >= 11 is 1.77. The number of aromatic nitrogens is 3. The van der Waals surface area contributed by atoms with Gasteiger partial charge in [-0.25, -0.2) is 9.97 Å². The third-order valence-corrected chi connectivity index (χ3v) is 6.20. The minimum atomic E-state index is -0.130. The highest BCUT2D eigenvalue weighted by Gasteiger charge is 2.33. The van der Waals surface area contributed by atoms with Gasteiger partial charge in [-0.2, -0.15) is 0 Å². The van der Waals surface area contributed by atoms with Gasteiger partial charge in [-0.15, -0.1) is 11.8 Å². The van der Waals surface area contributed by atoms with Crippen molar-refractivity contribution in [2.45, 2.75) is 16.2 Å². The van der Waals surface area contributed by atoms with Crippen LogP contribution in [0.15, 0.2) is 88.7 Å². The predicted molar refractivity (Wildman–Crippen MR) is 113 cm³/mol. The number of hydrogen-bond acceptors (Lipinski definition) is 5. The molecule has 5 rings (SSSR count). The number of anilines is 1. The van der Waals surface area contributed by atoms with E-state index in [9.17, 15) is 4.79 Å². The van der Waals surface area contributed by atoms with Crippen LogP contribution in [0.3, 0.4) is 0 Å². The maximum atomic E-state index is 13.4. The Labute approximate surface area is 166 Å². The summed E-state index contributed by atoms with van der Waals surface area (Å²) in [5, 5.41) is 3.51. The van der Waals surface area contributed by atoms with Gasteiger partial charge in [-0.1, -0.05) is 48.5 Å². The molecular formula is C22H18N4OS. The predicted octanol–water partition coefficient (Wildman–Crippen LogP) is 3.97. The van der Waals surface area contributed by atoms with Gasteiger partial charge in [0.25, 0.3) is 5.56 Å². The summed E-state index contributed by atoms with van der Waals surface area (Å²) in [5.41, 5.74) is 2.00. The summed E-state index contributed by atoms with van der Waals surface area (Å²) in [4.78, 5) is 23.5. The highest BCUT2D eigenvalue weighted by atomic mass is 32.2. The average Bonchev–Trinajstić information content (AvgIpc) is 2.75. The van der Waals surface area contributed by atoms with Crippen LogP contribution in [0.4, 0.5) is 5.95 Å². The zero-order chi connectivity index (χ0) is 18.9. The van der Waals surface area contributed by atoms with E-state index >= 15 is 0 Å². The van der Waals surface area contributed by atoms with Gasteiger partial charge in [0.15, 0.2) is 5.52 Å². The van der Waals surface area contributed by atoms with Crippen LogP contribution < -0.4 is 10.9 Å². The number of benzene rings is 2. The number of nitrogens with one attached hydrogen (secondary N) is 1. The van der Waals surface area contributed by atoms with Crippen LogP contribution in [0, 0.1) is 0 Å². The normalized spacial score (nSPS) is 18.4. The van der Waals surface area contributed by atoms with Crippen LogP contribution in [0.1, 0.15) is 11.6 Å². The molecule has 28 heavy (non-hydrogen) atoms. The Morgan fingerprint density at radius 1 is 0.964 bits per heavy atom. The molecule has 1 N–H and O–H groups in total. The Balaban J connectivity index is 1.69. The molecule has 0 amide bonds. The molecule has 0 spiro atoms. The van der Waals surface area contributed by atoms with Gasteiger partial charge < -0.3 is 5.32 Å².